The van der Waals surface area contributed by atoms with Crippen LogP contribution in [0.15, 0.2) is 36.5 Å². The Balaban J connectivity index is 2.22. The molecule has 0 saturated carbocycles. The highest BCUT2D eigenvalue weighted by Crippen LogP contribution is 2.22. The third-order valence-electron chi connectivity index (χ3n) is 2.16. The average Bonchev–Trinajstić information content (AvgIpc) is 2.39. The first-order valence-corrected chi connectivity index (χ1v) is 5.04. The number of nitrogens with zero attached hydrogens (tertiary/aromatic N) is 2. The molecule has 1 aromatic carbocycles. The molecule has 7 heteroatoms. The minimum absolute atomic E-state index is 0.0972. The zero-order valence-electron chi connectivity index (χ0n) is 9.18. The summed E-state index contributed by atoms with van der Waals surface area (Å²) in [7, 11) is 0. The molecule has 0 radical (unpaired) electrons. The maximum absolute atomic E-state index is 12.0. The van der Waals surface area contributed by atoms with Gasteiger partial charge in [0.05, 0.1) is 5.69 Å². The van der Waals surface area contributed by atoms with Crippen LogP contribution in [0.25, 0.3) is 11.3 Å². The Morgan fingerprint density at radius 3 is 2.50 bits per heavy atom. The average molecular weight is 252 g/mol. The summed E-state index contributed by atoms with van der Waals surface area (Å²) in [5.41, 5.74) is 3.70. The zero-order valence-corrected chi connectivity index (χ0v) is 9.18. The second-order valence-electron chi connectivity index (χ2n) is 3.31. The van der Waals surface area contributed by atoms with Crippen LogP contribution >= 0.6 is 0 Å². The first-order valence-electron chi connectivity index (χ1n) is 5.04. The van der Waals surface area contributed by atoms with Crippen molar-refractivity contribution >= 4 is 5.95 Å². The lowest BCUT2D eigenvalue weighted by atomic mass is 10.1. The van der Waals surface area contributed by atoms with Gasteiger partial charge < -0.3 is 4.74 Å². The second-order valence-corrected chi connectivity index (χ2v) is 3.31. The number of nitrogen functional groups attached to an aromatic ring is 1. The minimum atomic E-state index is -2.83. The van der Waals surface area contributed by atoms with E-state index in [-0.39, 0.29) is 11.7 Å². The number of aromatic nitrogens is 2. The van der Waals surface area contributed by atoms with E-state index in [1.807, 2.05) is 0 Å². The van der Waals surface area contributed by atoms with Crippen molar-refractivity contribution in [1.82, 2.24) is 9.97 Å². The van der Waals surface area contributed by atoms with E-state index >= 15 is 0 Å². The Kier molecular flexibility index (Phi) is 3.63. The molecule has 0 aliphatic rings. The maximum Gasteiger partial charge on any atom is 0.387 e. The first kappa shape index (κ1) is 12.2. The smallest absolute Gasteiger partial charge is 0.387 e. The lowest BCUT2D eigenvalue weighted by Crippen LogP contribution is -2.10. The lowest BCUT2D eigenvalue weighted by Gasteiger charge is -2.06. The largest absolute Gasteiger partial charge is 0.435 e. The number of hydrogen-bond donors (Lipinski definition) is 2. The molecular formula is C11H10F2N4O. The van der Waals surface area contributed by atoms with Crippen LogP contribution < -0.4 is 16.0 Å². The van der Waals surface area contributed by atoms with Crippen LogP contribution in [0.5, 0.6) is 5.75 Å². The van der Waals surface area contributed by atoms with Gasteiger partial charge in [-0.05, 0) is 30.3 Å². The maximum atomic E-state index is 12.0. The predicted molar refractivity (Wildman–Crippen MR) is 61.9 cm³/mol. The van der Waals surface area contributed by atoms with Gasteiger partial charge in [0, 0.05) is 11.8 Å². The van der Waals surface area contributed by atoms with Crippen LogP contribution in [-0.2, 0) is 0 Å². The van der Waals surface area contributed by atoms with Gasteiger partial charge in [-0.3, -0.25) is 5.43 Å². The Morgan fingerprint density at radius 2 is 1.89 bits per heavy atom. The number of nitrogens with one attached hydrogen (secondary N) is 1. The molecule has 3 N–H and O–H groups in total. The summed E-state index contributed by atoms with van der Waals surface area (Å²) in [6, 6.07) is 7.82. The van der Waals surface area contributed by atoms with Crippen LogP contribution in [-0.4, -0.2) is 16.6 Å². The normalized spacial score (nSPS) is 10.4. The summed E-state index contributed by atoms with van der Waals surface area (Å²) in [6.07, 6.45) is 1.54. The molecule has 94 valence electrons. The van der Waals surface area contributed by atoms with Crippen molar-refractivity contribution in [3.05, 3.63) is 36.5 Å². The van der Waals surface area contributed by atoms with Crippen LogP contribution in [0.4, 0.5) is 14.7 Å². The zero-order chi connectivity index (χ0) is 13.0. The third-order valence-corrected chi connectivity index (χ3v) is 2.16. The van der Waals surface area contributed by atoms with Crippen molar-refractivity contribution in [3.63, 3.8) is 0 Å². The van der Waals surface area contributed by atoms with E-state index in [0.29, 0.717) is 5.69 Å². The van der Waals surface area contributed by atoms with Gasteiger partial charge in [0.15, 0.2) is 0 Å². The number of anilines is 1. The molecule has 0 aliphatic heterocycles. The van der Waals surface area contributed by atoms with Crippen molar-refractivity contribution < 1.29 is 13.5 Å². The number of alkyl halides is 2. The lowest BCUT2D eigenvalue weighted by molar-refractivity contribution is -0.0498. The van der Waals surface area contributed by atoms with Crippen molar-refractivity contribution in [1.29, 1.82) is 0 Å². The molecule has 0 aliphatic carbocycles. The van der Waals surface area contributed by atoms with Crippen molar-refractivity contribution in [3.8, 4) is 17.0 Å². The first-order chi connectivity index (χ1) is 8.69. The van der Waals surface area contributed by atoms with Crippen molar-refractivity contribution in [2.75, 3.05) is 5.43 Å². The summed E-state index contributed by atoms with van der Waals surface area (Å²) in [5, 5.41) is 0. The molecule has 5 nitrogen and oxygen atoms in total. The van der Waals surface area contributed by atoms with Gasteiger partial charge in [-0.25, -0.2) is 15.8 Å². The molecule has 2 aromatic rings. The van der Waals surface area contributed by atoms with E-state index in [1.54, 1.807) is 24.4 Å². The van der Waals surface area contributed by atoms with Gasteiger partial charge in [-0.15, -0.1) is 0 Å². The predicted octanol–water partition coefficient (Wildman–Crippen LogP) is 2.03. The highest BCUT2D eigenvalue weighted by Gasteiger charge is 2.05. The summed E-state index contributed by atoms with van der Waals surface area (Å²) in [6.45, 7) is -2.83. The fourth-order valence-corrected chi connectivity index (χ4v) is 1.40. The Labute approximate surface area is 102 Å². The van der Waals surface area contributed by atoms with Crippen LogP contribution in [0.1, 0.15) is 0 Å². The highest BCUT2D eigenvalue weighted by atomic mass is 19.3. The van der Waals surface area contributed by atoms with E-state index in [0.717, 1.165) is 5.56 Å². The number of ether oxygens (including phenoxy) is 1. The number of hydrogen-bond acceptors (Lipinski definition) is 5. The van der Waals surface area contributed by atoms with Crippen molar-refractivity contribution in [2.24, 2.45) is 5.84 Å². The Hall–Kier alpha value is -2.28. The number of nitrogens with two attached hydrogens (primary N) is 1. The topological polar surface area (TPSA) is 73.1 Å². The van der Waals surface area contributed by atoms with Gasteiger partial charge in [-0.1, -0.05) is 0 Å². The van der Waals surface area contributed by atoms with Crippen molar-refractivity contribution in [2.45, 2.75) is 6.61 Å². The SMILES string of the molecule is NNc1nccc(-c2ccc(OC(F)F)cc2)n1. The van der Waals surface area contributed by atoms with E-state index in [1.165, 1.54) is 12.1 Å². The molecule has 1 aromatic heterocycles. The molecule has 0 atom stereocenters. The Morgan fingerprint density at radius 1 is 1.17 bits per heavy atom. The molecule has 1 heterocycles. The number of hydrazine groups is 1. The summed E-state index contributed by atoms with van der Waals surface area (Å²) < 4.78 is 28.2. The van der Waals surface area contributed by atoms with Crippen LogP contribution in [0.3, 0.4) is 0 Å². The molecule has 0 bridgehead atoms. The van der Waals surface area contributed by atoms with E-state index in [2.05, 4.69) is 20.1 Å². The minimum Gasteiger partial charge on any atom is -0.435 e. The standard InChI is InChI=1S/C11H10F2N4O/c12-10(13)18-8-3-1-7(2-4-8)9-5-6-15-11(16-9)17-14/h1-6,10H,14H2,(H,15,16,17). The molecular weight excluding hydrogens is 242 g/mol. The molecule has 0 fully saturated rings. The van der Waals surface area contributed by atoms with Crippen LogP contribution in [0.2, 0.25) is 0 Å². The second kappa shape index (κ2) is 5.37. The molecule has 0 saturated heterocycles. The highest BCUT2D eigenvalue weighted by molar-refractivity contribution is 5.60. The summed E-state index contributed by atoms with van der Waals surface area (Å²) in [4.78, 5) is 7.99. The summed E-state index contributed by atoms with van der Waals surface area (Å²) >= 11 is 0. The van der Waals surface area contributed by atoms with Gasteiger partial charge >= 0.3 is 6.61 Å². The number of halogens is 2. The fraction of sp³-hybridized carbons (Fsp3) is 0.0909. The van der Waals surface area contributed by atoms with E-state index in [4.69, 9.17) is 5.84 Å². The van der Waals surface area contributed by atoms with Gasteiger partial charge in [0.2, 0.25) is 5.95 Å². The van der Waals surface area contributed by atoms with Crippen LogP contribution in [0, 0.1) is 0 Å². The van der Waals surface area contributed by atoms with E-state index in [9.17, 15) is 8.78 Å². The summed E-state index contributed by atoms with van der Waals surface area (Å²) in [5.74, 6) is 5.57. The monoisotopic (exact) mass is 252 g/mol. The molecule has 0 amide bonds. The molecule has 2 rings (SSSR count). The molecule has 18 heavy (non-hydrogen) atoms. The number of rotatable bonds is 4. The van der Waals surface area contributed by atoms with Gasteiger partial charge in [0.1, 0.15) is 5.75 Å². The number of benzene rings is 1. The fourth-order valence-electron chi connectivity index (χ4n) is 1.40. The quantitative estimate of drug-likeness (QED) is 0.643. The van der Waals surface area contributed by atoms with Gasteiger partial charge in [-0.2, -0.15) is 8.78 Å². The van der Waals surface area contributed by atoms with E-state index < -0.39 is 6.61 Å². The Bertz CT molecular complexity index is 519. The van der Waals surface area contributed by atoms with Gasteiger partial charge in [0.25, 0.3) is 0 Å². The third kappa shape index (κ3) is 2.89. The molecule has 0 spiro atoms. The molecule has 0 unspecified atom stereocenters.